The van der Waals surface area contributed by atoms with Gasteiger partial charge in [-0.3, -0.25) is 4.79 Å². The zero-order valence-electron chi connectivity index (χ0n) is 19.3. The molecule has 2 N–H and O–H groups in total. The van der Waals surface area contributed by atoms with Crippen LogP contribution in [-0.4, -0.2) is 34.7 Å². The number of ketones is 1. The summed E-state index contributed by atoms with van der Waals surface area (Å²) >= 11 is 0. The fourth-order valence-electron chi connectivity index (χ4n) is 8.34. The first kappa shape index (κ1) is 21.9. The van der Waals surface area contributed by atoms with E-state index in [1.165, 1.54) is 5.56 Å². The molecule has 4 fully saturated rings. The molecule has 0 saturated heterocycles. The van der Waals surface area contributed by atoms with Gasteiger partial charge in [0, 0.05) is 12.8 Å². The Hall–Kier alpha value is -1.88. The first-order chi connectivity index (χ1) is 15.2. The lowest BCUT2D eigenvalue weighted by molar-refractivity contribution is -0.146. The summed E-state index contributed by atoms with van der Waals surface area (Å²) in [4.78, 5) is 23.2. The van der Waals surface area contributed by atoms with E-state index in [1.807, 2.05) is 12.1 Å². The smallest absolute Gasteiger partial charge is 0.341 e. The van der Waals surface area contributed by atoms with Gasteiger partial charge >= 0.3 is 5.97 Å². The average molecular weight is 441 g/mol. The molecule has 5 nitrogen and oxygen atoms in total. The molecule has 0 unspecified atom stereocenters. The molecule has 0 bridgehead atoms. The summed E-state index contributed by atoms with van der Waals surface area (Å²) in [6.45, 7) is 4.42. The number of hydrogen-bond donors (Lipinski definition) is 2. The van der Waals surface area contributed by atoms with Gasteiger partial charge in [0.15, 0.2) is 6.61 Å². The van der Waals surface area contributed by atoms with Gasteiger partial charge in [-0.1, -0.05) is 26.0 Å². The normalized spacial score (nSPS) is 43.2. The molecule has 8 atom stereocenters. The van der Waals surface area contributed by atoms with Gasteiger partial charge < -0.3 is 14.9 Å². The third-order valence-electron chi connectivity index (χ3n) is 10.2. The van der Waals surface area contributed by atoms with Crippen LogP contribution >= 0.6 is 0 Å². The lowest BCUT2D eigenvalue weighted by Gasteiger charge is -2.62. The fourth-order valence-corrected chi connectivity index (χ4v) is 8.34. The largest absolute Gasteiger partial charge is 0.482 e. The van der Waals surface area contributed by atoms with Crippen LogP contribution in [0.2, 0.25) is 0 Å². The summed E-state index contributed by atoms with van der Waals surface area (Å²) in [6, 6.07) is 7.98. The number of Topliss-reactive ketones (excluding diaryl/α,β-unsaturated/α-hetero) is 1. The van der Waals surface area contributed by atoms with Crippen molar-refractivity contribution in [2.45, 2.75) is 77.2 Å². The highest BCUT2D eigenvalue weighted by molar-refractivity contribution is 5.79. The first-order valence-corrected chi connectivity index (χ1v) is 12.4. The highest BCUT2D eigenvalue weighted by atomic mass is 16.5. The Morgan fingerprint density at radius 2 is 1.78 bits per heavy atom. The summed E-state index contributed by atoms with van der Waals surface area (Å²) in [5, 5.41) is 19.8. The number of carbonyl (C=O) groups excluding carboxylic acids is 1. The van der Waals surface area contributed by atoms with Crippen LogP contribution in [0.25, 0.3) is 0 Å². The molecule has 0 heterocycles. The van der Waals surface area contributed by atoms with Crippen molar-refractivity contribution in [3.05, 3.63) is 29.8 Å². The molecule has 32 heavy (non-hydrogen) atoms. The average Bonchev–Trinajstić information content (AvgIpc) is 3.07. The third kappa shape index (κ3) is 3.39. The van der Waals surface area contributed by atoms with Crippen LogP contribution in [0.1, 0.15) is 76.7 Å². The molecule has 0 spiro atoms. The zero-order valence-corrected chi connectivity index (χ0v) is 19.3. The van der Waals surface area contributed by atoms with Crippen LogP contribution in [-0.2, 0) is 9.59 Å². The van der Waals surface area contributed by atoms with E-state index in [-0.39, 0.29) is 23.5 Å². The van der Waals surface area contributed by atoms with Crippen molar-refractivity contribution in [2.75, 3.05) is 6.61 Å². The standard InChI is InChI=1S/C27H36O5/c1-26-11-9-18(28)13-17(26)14-20(16-3-5-19(6-4-16)32-15-24(30)31)25-21-7-8-23(29)27(21,2)12-10-22(25)26/h3-6,17,20-23,25,29H,7-15H2,1-2H3,(H,30,31)/t17-,20+,21+,22+,23+,25+,26+,27+/m1/s1. The molecule has 4 aliphatic carbocycles. The van der Waals surface area contributed by atoms with Crippen molar-refractivity contribution in [1.82, 2.24) is 0 Å². The molecule has 174 valence electrons. The summed E-state index contributed by atoms with van der Waals surface area (Å²) in [5.41, 5.74) is 1.49. The van der Waals surface area contributed by atoms with Gasteiger partial charge in [-0.15, -0.1) is 0 Å². The molecule has 4 aliphatic rings. The Labute approximate surface area is 190 Å². The summed E-state index contributed by atoms with van der Waals surface area (Å²) in [5.74, 6) is 2.43. The molecule has 0 radical (unpaired) electrons. The van der Waals surface area contributed by atoms with E-state index in [0.29, 0.717) is 47.5 Å². The lowest BCUT2D eigenvalue weighted by Crippen LogP contribution is -2.56. The Balaban J connectivity index is 1.50. The van der Waals surface area contributed by atoms with Crippen molar-refractivity contribution >= 4 is 11.8 Å². The molecule has 0 aliphatic heterocycles. The summed E-state index contributed by atoms with van der Waals surface area (Å²) in [7, 11) is 0. The van der Waals surface area contributed by atoms with Gasteiger partial charge in [0.1, 0.15) is 11.5 Å². The number of carbonyl (C=O) groups is 2. The Morgan fingerprint density at radius 1 is 1.06 bits per heavy atom. The van der Waals surface area contributed by atoms with Crippen LogP contribution in [0, 0.1) is 34.5 Å². The monoisotopic (exact) mass is 440 g/mol. The van der Waals surface area contributed by atoms with E-state index in [1.54, 1.807) is 0 Å². The molecule has 5 heteroatoms. The topological polar surface area (TPSA) is 83.8 Å². The highest BCUT2D eigenvalue weighted by Crippen LogP contribution is 2.68. The lowest BCUT2D eigenvalue weighted by atomic mass is 9.42. The third-order valence-corrected chi connectivity index (χ3v) is 10.2. The van der Waals surface area contributed by atoms with E-state index >= 15 is 0 Å². The van der Waals surface area contributed by atoms with Crippen molar-refractivity contribution < 1.29 is 24.5 Å². The van der Waals surface area contributed by atoms with E-state index in [2.05, 4.69) is 26.0 Å². The van der Waals surface area contributed by atoms with Gasteiger partial charge in [0.25, 0.3) is 0 Å². The molecule has 1 aromatic rings. The molecule has 0 aromatic heterocycles. The number of aliphatic hydroxyl groups is 1. The minimum absolute atomic E-state index is 0.00234. The van der Waals surface area contributed by atoms with Crippen molar-refractivity contribution in [3.63, 3.8) is 0 Å². The van der Waals surface area contributed by atoms with E-state index in [4.69, 9.17) is 9.84 Å². The van der Waals surface area contributed by atoms with Crippen molar-refractivity contribution in [2.24, 2.45) is 34.5 Å². The molecule has 1 aromatic carbocycles. The molecule has 5 rings (SSSR count). The SMILES string of the molecule is C[C@]12CCC(=O)C[C@@H]1C[C@@H](c1ccc(OCC(=O)O)cc1)[C@@H]1[C@@H]2CC[C@]2(C)[C@@H](O)CC[C@@H]12. The molecular weight excluding hydrogens is 404 g/mol. The fraction of sp³-hybridized carbons (Fsp3) is 0.704. The van der Waals surface area contributed by atoms with E-state index in [0.717, 1.165) is 44.9 Å². The Morgan fingerprint density at radius 3 is 2.50 bits per heavy atom. The highest BCUT2D eigenvalue weighted by Gasteiger charge is 2.62. The maximum Gasteiger partial charge on any atom is 0.341 e. The van der Waals surface area contributed by atoms with Gasteiger partial charge in [-0.05, 0) is 96.6 Å². The maximum atomic E-state index is 12.4. The van der Waals surface area contributed by atoms with Gasteiger partial charge in [-0.2, -0.15) is 0 Å². The van der Waals surface area contributed by atoms with Crippen LogP contribution < -0.4 is 4.74 Å². The van der Waals surface area contributed by atoms with Crippen LogP contribution in [0.4, 0.5) is 0 Å². The Bertz CT molecular complexity index is 894. The second-order valence-electron chi connectivity index (χ2n) is 11.5. The molecule has 4 saturated carbocycles. The number of hydrogen-bond acceptors (Lipinski definition) is 4. The van der Waals surface area contributed by atoms with Crippen LogP contribution in [0.15, 0.2) is 24.3 Å². The van der Waals surface area contributed by atoms with E-state index in [9.17, 15) is 14.7 Å². The number of rotatable bonds is 4. The van der Waals surface area contributed by atoms with Gasteiger partial charge in [0.2, 0.25) is 0 Å². The first-order valence-electron chi connectivity index (χ1n) is 12.4. The number of carboxylic acids is 1. The number of ether oxygens (including phenoxy) is 1. The second kappa shape index (κ2) is 7.86. The minimum atomic E-state index is -0.980. The molecular formula is C27H36O5. The Kier molecular flexibility index (Phi) is 5.39. The number of fused-ring (bicyclic) bond motifs is 5. The van der Waals surface area contributed by atoms with Crippen molar-refractivity contribution in [3.8, 4) is 5.75 Å². The number of aliphatic hydroxyl groups excluding tert-OH is 1. The number of aliphatic carboxylic acids is 1. The van der Waals surface area contributed by atoms with Crippen molar-refractivity contribution in [1.29, 1.82) is 0 Å². The summed E-state index contributed by atoms with van der Waals surface area (Å²) in [6.07, 6.45) is 7.49. The van der Waals surface area contributed by atoms with Crippen LogP contribution in [0.5, 0.6) is 5.75 Å². The van der Waals surface area contributed by atoms with Gasteiger partial charge in [0.05, 0.1) is 6.10 Å². The number of carboxylic acid groups (broad SMARTS) is 1. The predicted octanol–water partition coefficient (Wildman–Crippen LogP) is 4.82. The minimum Gasteiger partial charge on any atom is -0.482 e. The second-order valence-corrected chi connectivity index (χ2v) is 11.5. The maximum absolute atomic E-state index is 12.4. The zero-order chi connectivity index (χ0) is 22.7. The van der Waals surface area contributed by atoms with E-state index < -0.39 is 5.97 Å². The molecule has 0 amide bonds. The van der Waals surface area contributed by atoms with Crippen LogP contribution in [0.3, 0.4) is 0 Å². The summed E-state index contributed by atoms with van der Waals surface area (Å²) < 4.78 is 5.35. The quantitative estimate of drug-likeness (QED) is 0.702. The predicted molar refractivity (Wildman–Crippen MR) is 120 cm³/mol. The number of benzene rings is 1. The van der Waals surface area contributed by atoms with Gasteiger partial charge in [-0.25, -0.2) is 4.79 Å².